The van der Waals surface area contributed by atoms with E-state index >= 15 is 0 Å². The summed E-state index contributed by atoms with van der Waals surface area (Å²) >= 11 is 6.26. The van der Waals surface area contributed by atoms with E-state index in [0.717, 1.165) is 22.3 Å². The van der Waals surface area contributed by atoms with E-state index in [0.29, 0.717) is 5.02 Å². The Balaban J connectivity index is 2.03. The first-order valence-electron chi connectivity index (χ1n) is 6.83. The van der Waals surface area contributed by atoms with Gasteiger partial charge in [-0.25, -0.2) is 0 Å². The molecule has 0 saturated heterocycles. The van der Waals surface area contributed by atoms with Gasteiger partial charge in [-0.3, -0.25) is 0 Å². The number of nitrogens with one attached hydrogen (secondary N) is 1. The van der Waals surface area contributed by atoms with Crippen LogP contribution in [0.15, 0.2) is 60.9 Å². The second-order valence-electron chi connectivity index (χ2n) is 5.12. The van der Waals surface area contributed by atoms with Gasteiger partial charge in [0.2, 0.25) is 0 Å². The number of rotatable bonds is 3. The molecule has 3 heteroatoms. The van der Waals surface area contributed by atoms with Gasteiger partial charge in [-0.15, -0.1) is 0 Å². The van der Waals surface area contributed by atoms with Gasteiger partial charge in [0.05, 0.1) is 0 Å². The second kappa shape index (κ2) is 5.76. The fourth-order valence-corrected chi connectivity index (χ4v) is 2.68. The molecular formula is C18H16ClNO. The van der Waals surface area contributed by atoms with Crippen LogP contribution in [0.3, 0.4) is 0 Å². The predicted octanol–water partition coefficient (Wildman–Crippen LogP) is 4.73. The quantitative estimate of drug-likeness (QED) is 0.720. The number of aromatic nitrogens is 1. The molecule has 0 fully saturated rings. The van der Waals surface area contributed by atoms with Crippen molar-refractivity contribution in [3.63, 3.8) is 0 Å². The molecule has 106 valence electrons. The summed E-state index contributed by atoms with van der Waals surface area (Å²) in [6, 6.07) is 15.5. The molecule has 0 saturated carbocycles. The molecule has 0 aliphatic carbocycles. The third-order valence-electron chi connectivity index (χ3n) is 3.63. The minimum Gasteiger partial charge on any atom is -0.384 e. The van der Waals surface area contributed by atoms with Crippen LogP contribution < -0.4 is 0 Å². The molecule has 1 heterocycles. The number of halogens is 1. The second-order valence-corrected chi connectivity index (χ2v) is 5.52. The van der Waals surface area contributed by atoms with E-state index in [1.807, 2.05) is 67.8 Å². The van der Waals surface area contributed by atoms with E-state index in [1.165, 1.54) is 5.56 Å². The van der Waals surface area contributed by atoms with Crippen molar-refractivity contribution >= 4 is 11.6 Å². The van der Waals surface area contributed by atoms with E-state index in [1.54, 1.807) is 0 Å². The molecule has 0 bridgehead atoms. The summed E-state index contributed by atoms with van der Waals surface area (Å²) in [6.07, 6.45) is 3.01. The summed E-state index contributed by atoms with van der Waals surface area (Å²) in [4.78, 5) is 3.07. The number of aryl methyl sites for hydroxylation is 1. The van der Waals surface area contributed by atoms with Crippen LogP contribution in [0.25, 0.3) is 11.1 Å². The van der Waals surface area contributed by atoms with Crippen molar-refractivity contribution in [1.29, 1.82) is 0 Å². The van der Waals surface area contributed by atoms with Gasteiger partial charge in [-0.05, 0) is 18.6 Å². The Hall–Kier alpha value is -2.03. The lowest BCUT2D eigenvalue weighted by molar-refractivity contribution is 0.221. The fraction of sp³-hybridized carbons (Fsp3) is 0.111. The largest absolute Gasteiger partial charge is 0.384 e. The van der Waals surface area contributed by atoms with E-state index in [-0.39, 0.29) is 0 Å². The zero-order chi connectivity index (χ0) is 14.8. The van der Waals surface area contributed by atoms with Crippen LogP contribution in [0.1, 0.15) is 22.8 Å². The van der Waals surface area contributed by atoms with Gasteiger partial charge >= 0.3 is 0 Å². The number of hydrogen-bond donors (Lipinski definition) is 2. The van der Waals surface area contributed by atoms with E-state index in [9.17, 15) is 5.11 Å². The predicted molar refractivity (Wildman–Crippen MR) is 86.5 cm³/mol. The number of aromatic amines is 1. The van der Waals surface area contributed by atoms with Crippen LogP contribution in [0.2, 0.25) is 5.02 Å². The highest BCUT2D eigenvalue weighted by molar-refractivity contribution is 6.33. The Morgan fingerprint density at radius 1 is 0.952 bits per heavy atom. The molecule has 0 aliphatic heterocycles. The van der Waals surface area contributed by atoms with Crippen LogP contribution >= 0.6 is 11.6 Å². The summed E-state index contributed by atoms with van der Waals surface area (Å²) in [5.74, 6) is 0. The summed E-state index contributed by atoms with van der Waals surface area (Å²) in [5, 5.41) is 11.3. The standard InChI is InChI=1S/C18H16ClNO/c1-12-6-8-13(9-7-12)18(21)16-11-20-10-15(16)14-4-2-3-5-17(14)19/h2-11,18,20-21H,1H3/t18-/m0/s1. The van der Waals surface area contributed by atoms with Crippen molar-refractivity contribution in [3.05, 3.63) is 82.6 Å². The highest BCUT2D eigenvalue weighted by atomic mass is 35.5. The van der Waals surface area contributed by atoms with Crippen LogP contribution in [0.5, 0.6) is 0 Å². The summed E-state index contributed by atoms with van der Waals surface area (Å²) < 4.78 is 0. The van der Waals surface area contributed by atoms with Crippen molar-refractivity contribution in [1.82, 2.24) is 4.98 Å². The molecule has 21 heavy (non-hydrogen) atoms. The topological polar surface area (TPSA) is 36.0 Å². The molecule has 0 spiro atoms. The third-order valence-corrected chi connectivity index (χ3v) is 3.96. The summed E-state index contributed by atoms with van der Waals surface area (Å²) in [6.45, 7) is 2.03. The number of aliphatic hydroxyl groups excluding tert-OH is 1. The molecular weight excluding hydrogens is 282 g/mol. The first-order chi connectivity index (χ1) is 10.2. The SMILES string of the molecule is Cc1ccc([C@H](O)c2c[nH]cc2-c2ccccc2Cl)cc1. The van der Waals surface area contributed by atoms with Gasteiger partial charge in [0.15, 0.2) is 0 Å². The number of aliphatic hydroxyl groups is 1. The summed E-state index contributed by atoms with van der Waals surface area (Å²) in [7, 11) is 0. The maximum absolute atomic E-state index is 10.6. The van der Waals surface area contributed by atoms with Crippen LogP contribution in [0.4, 0.5) is 0 Å². The van der Waals surface area contributed by atoms with Crippen molar-refractivity contribution in [2.45, 2.75) is 13.0 Å². The molecule has 1 atom stereocenters. The molecule has 0 unspecified atom stereocenters. The Kier molecular flexibility index (Phi) is 3.82. The van der Waals surface area contributed by atoms with Crippen molar-refractivity contribution in [2.24, 2.45) is 0 Å². The van der Waals surface area contributed by atoms with Gasteiger partial charge in [0.1, 0.15) is 6.10 Å². The third kappa shape index (κ3) is 2.73. The van der Waals surface area contributed by atoms with E-state index in [4.69, 9.17) is 11.6 Å². The highest BCUT2D eigenvalue weighted by Crippen LogP contribution is 2.35. The lowest BCUT2D eigenvalue weighted by atomic mass is 9.96. The van der Waals surface area contributed by atoms with Crippen LogP contribution in [0, 0.1) is 6.92 Å². The molecule has 2 N–H and O–H groups in total. The highest BCUT2D eigenvalue weighted by Gasteiger charge is 2.17. The molecule has 1 aromatic heterocycles. The Labute approximate surface area is 129 Å². The molecule has 2 nitrogen and oxygen atoms in total. The Morgan fingerprint density at radius 3 is 2.38 bits per heavy atom. The minimum absolute atomic E-state index is 0.675. The first kappa shape index (κ1) is 13.9. The molecule has 2 aromatic carbocycles. The van der Waals surface area contributed by atoms with Gasteiger partial charge in [-0.1, -0.05) is 59.6 Å². The number of hydrogen-bond acceptors (Lipinski definition) is 1. The van der Waals surface area contributed by atoms with Crippen molar-refractivity contribution < 1.29 is 5.11 Å². The Bertz CT molecular complexity index is 746. The monoisotopic (exact) mass is 297 g/mol. The van der Waals surface area contributed by atoms with Crippen LogP contribution in [-0.2, 0) is 0 Å². The van der Waals surface area contributed by atoms with Gasteiger partial charge < -0.3 is 10.1 Å². The summed E-state index contributed by atoms with van der Waals surface area (Å²) in [5.41, 5.74) is 4.71. The minimum atomic E-state index is -0.678. The molecule has 3 aromatic rings. The lowest BCUT2D eigenvalue weighted by Crippen LogP contribution is -2.00. The number of H-pyrrole nitrogens is 1. The van der Waals surface area contributed by atoms with Crippen LogP contribution in [-0.4, -0.2) is 10.1 Å². The first-order valence-corrected chi connectivity index (χ1v) is 7.21. The maximum atomic E-state index is 10.6. The smallest absolute Gasteiger partial charge is 0.106 e. The van der Waals surface area contributed by atoms with E-state index < -0.39 is 6.10 Å². The zero-order valence-corrected chi connectivity index (χ0v) is 12.4. The van der Waals surface area contributed by atoms with Crippen molar-refractivity contribution in [2.75, 3.05) is 0 Å². The number of benzene rings is 2. The average Bonchev–Trinajstić information content (AvgIpc) is 2.97. The average molecular weight is 298 g/mol. The maximum Gasteiger partial charge on any atom is 0.106 e. The molecule has 0 aliphatic rings. The van der Waals surface area contributed by atoms with E-state index in [2.05, 4.69) is 4.98 Å². The molecule has 0 amide bonds. The van der Waals surface area contributed by atoms with Gasteiger partial charge in [0, 0.05) is 34.1 Å². The molecule has 3 rings (SSSR count). The van der Waals surface area contributed by atoms with Gasteiger partial charge in [0.25, 0.3) is 0 Å². The van der Waals surface area contributed by atoms with Gasteiger partial charge in [-0.2, -0.15) is 0 Å². The lowest BCUT2D eigenvalue weighted by Gasteiger charge is -2.13. The molecule has 0 radical (unpaired) electrons. The zero-order valence-electron chi connectivity index (χ0n) is 11.7. The fourth-order valence-electron chi connectivity index (χ4n) is 2.44. The normalized spacial score (nSPS) is 12.3. The van der Waals surface area contributed by atoms with Crippen molar-refractivity contribution in [3.8, 4) is 11.1 Å². The Morgan fingerprint density at radius 2 is 1.67 bits per heavy atom.